The van der Waals surface area contributed by atoms with Crippen molar-refractivity contribution in [3.63, 3.8) is 0 Å². The first-order valence-corrected chi connectivity index (χ1v) is 9.96. The molecule has 0 unspecified atom stereocenters. The lowest BCUT2D eigenvalue weighted by atomic mass is 10.2. The molecule has 0 N–H and O–H groups in total. The highest BCUT2D eigenvalue weighted by atomic mass is 32.1. The molecule has 5 rings (SSSR count). The molecule has 0 saturated heterocycles. The van der Waals surface area contributed by atoms with Crippen LogP contribution in [-0.4, -0.2) is 32.1 Å². The number of hydrogen-bond donors (Lipinski definition) is 0. The maximum absolute atomic E-state index is 12.9. The molecular weight excluding hydrogens is 372 g/mol. The SMILES string of the molecule is O=C1c2cc(COc3ccccc3)nn2CCN1Cc1nc2ccccc2s1. The molecule has 0 saturated carbocycles. The summed E-state index contributed by atoms with van der Waals surface area (Å²) in [6.45, 7) is 2.17. The maximum atomic E-state index is 12.9. The lowest BCUT2D eigenvalue weighted by molar-refractivity contribution is 0.0683. The molecule has 140 valence electrons. The summed E-state index contributed by atoms with van der Waals surface area (Å²) in [6, 6.07) is 19.5. The van der Waals surface area contributed by atoms with Crippen molar-refractivity contribution in [2.24, 2.45) is 0 Å². The van der Waals surface area contributed by atoms with E-state index in [1.807, 2.05) is 59.5 Å². The number of hydrogen-bond acceptors (Lipinski definition) is 5. The Morgan fingerprint density at radius 1 is 1.04 bits per heavy atom. The van der Waals surface area contributed by atoms with Crippen LogP contribution in [0.2, 0.25) is 0 Å². The average Bonchev–Trinajstić information content (AvgIpc) is 3.33. The summed E-state index contributed by atoms with van der Waals surface area (Å²) in [5.41, 5.74) is 2.35. The second-order valence-corrected chi connectivity index (χ2v) is 7.76. The van der Waals surface area contributed by atoms with Crippen LogP contribution in [0.5, 0.6) is 5.75 Å². The molecular formula is C21H18N4O2S. The van der Waals surface area contributed by atoms with Crippen LogP contribution in [0.3, 0.4) is 0 Å². The normalized spacial score (nSPS) is 13.7. The van der Waals surface area contributed by atoms with E-state index >= 15 is 0 Å². The number of aromatic nitrogens is 3. The highest BCUT2D eigenvalue weighted by Gasteiger charge is 2.27. The second-order valence-electron chi connectivity index (χ2n) is 6.65. The van der Waals surface area contributed by atoms with E-state index in [4.69, 9.17) is 4.74 Å². The molecule has 0 bridgehead atoms. The summed E-state index contributed by atoms with van der Waals surface area (Å²) in [4.78, 5) is 19.4. The van der Waals surface area contributed by atoms with Gasteiger partial charge in [0.25, 0.3) is 5.91 Å². The quantitative estimate of drug-likeness (QED) is 0.521. The minimum atomic E-state index is -0.0102. The van der Waals surface area contributed by atoms with Crippen LogP contribution in [0.1, 0.15) is 21.2 Å². The predicted molar refractivity (Wildman–Crippen MR) is 107 cm³/mol. The first kappa shape index (κ1) is 16.9. The van der Waals surface area contributed by atoms with Gasteiger partial charge < -0.3 is 9.64 Å². The minimum Gasteiger partial charge on any atom is -0.487 e. The van der Waals surface area contributed by atoms with E-state index in [1.165, 1.54) is 0 Å². The lowest BCUT2D eigenvalue weighted by Crippen LogP contribution is -2.39. The molecule has 0 aliphatic carbocycles. The fourth-order valence-electron chi connectivity index (χ4n) is 3.34. The van der Waals surface area contributed by atoms with Crippen LogP contribution >= 0.6 is 11.3 Å². The van der Waals surface area contributed by atoms with Gasteiger partial charge >= 0.3 is 0 Å². The molecule has 6 nitrogen and oxygen atoms in total. The van der Waals surface area contributed by atoms with Gasteiger partial charge in [-0.2, -0.15) is 5.10 Å². The zero-order chi connectivity index (χ0) is 18.9. The first-order chi connectivity index (χ1) is 13.8. The van der Waals surface area contributed by atoms with Gasteiger partial charge in [-0.1, -0.05) is 30.3 Å². The van der Waals surface area contributed by atoms with Crippen LogP contribution in [0.4, 0.5) is 0 Å². The van der Waals surface area contributed by atoms with Gasteiger partial charge in [0.2, 0.25) is 0 Å². The van der Waals surface area contributed by atoms with Gasteiger partial charge in [0, 0.05) is 6.54 Å². The number of thiazole rings is 1. The van der Waals surface area contributed by atoms with Crippen LogP contribution in [-0.2, 0) is 19.7 Å². The third kappa shape index (κ3) is 3.25. The number of ether oxygens (including phenoxy) is 1. The number of carbonyl (C=O) groups is 1. The number of fused-ring (bicyclic) bond motifs is 2. The van der Waals surface area contributed by atoms with Gasteiger partial charge in [0.05, 0.1) is 23.3 Å². The molecule has 0 spiro atoms. The Bertz CT molecular complexity index is 1100. The molecule has 28 heavy (non-hydrogen) atoms. The second kappa shape index (κ2) is 7.09. The molecule has 0 radical (unpaired) electrons. The zero-order valence-corrected chi connectivity index (χ0v) is 15.9. The summed E-state index contributed by atoms with van der Waals surface area (Å²) in [5, 5.41) is 5.48. The Hall–Kier alpha value is -3.19. The summed E-state index contributed by atoms with van der Waals surface area (Å²) < 4.78 is 8.68. The van der Waals surface area contributed by atoms with Gasteiger partial charge in [-0.05, 0) is 30.3 Å². The Balaban J connectivity index is 1.30. The van der Waals surface area contributed by atoms with E-state index in [0.29, 0.717) is 31.9 Å². The minimum absolute atomic E-state index is 0.0102. The fourth-order valence-corrected chi connectivity index (χ4v) is 4.32. The van der Waals surface area contributed by atoms with Gasteiger partial charge in [-0.3, -0.25) is 9.48 Å². The van der Waals surface area contributed by atoms with Gasteiger partial charge in [0.15, 0.2) is 0 Å². The largest absolute Gasteiger partial charge is 0.487 e. The first-order valence-electron chi connectivity index (χ1n) is 9.14. The topological polar surface area (TPSA) is 60.2 Å². The number of amides is 1. The van der Waals surface area contributed by atoms with E-state index in [1.54, 1.807) is 16.0 Å². The van der Waals surface area contributed by atoms with Crippen LogP contribution in [0.15, 0.2) is 60.7 Å². The molecule has 1 aliphatic rings. The van der Waals surface area contributed by atoms with Crippen molar-refractivity contribution in [2.75, 3.05) is 6.54 Å². The zero-order valence-electron chi connectivity index (χ0n) is 15.1. The Kier molecular flexibility index (Phi) is 4.29. The average molecular weight is 390 g/mol. The van der Waals surface area contributed by atoms with E-state index in [2.05, 4.69) is 16.1 Å². The predicted octanol–water partition coefficient (Wildman–Crippen LogP) is 3.73. The van der Waals surface area contributed by atoms with Crippen molar-refractivity contribution in [2.45, 2.75) is 19.7 Å². The van der Waals surface area contributed by atoms with Crippen molar-refractivity contribution in [1.29, 1.82) is 0 Å². The smallest absolute Gasteiger partial charge is 0.272 e. The van der Waals surface area contributed by atoms with Crippen molar-refractivity contribution < 1.29 is 9.53 Å². The Morgan fingerprint density at radius 3 is 2.71 bits per heavy atom. The lowest BCUT2D eigenvalue weighted by Gasteiger charge is -2.26. The monoisotopic (exact) mass is 390 g/mol. The van der Waals surface area contributed by atoms with E-state index in [-0.39, 0.29) is 5.91 Å². The number of benzene rings is 2. The Morgan fingerprint density at radius 2 is 1.86 bits per heavy atom. The summed E-state index contributed by atoms with van der Waals surface area (Å²) in [6.07, 6.45) is 0. The molecule has 2 aromatic carbocycles. The van der Waals surface area contributed by atoms with Crippen LogP contribution in [0.25, 0.3) is 10.2 Å². The number of nitrogens with zero attached hydrogens (tertiary/aromatic N) is 4. The highest BCUT2D eigenvalue weighted by Crippen LogP contribution is 2.24. The maximum Gasteiger partial charge on any atom is 0.272 e. The van der Waals surface area contributed by atoms with Crippen molar-refractivity contribution in [3.05, 3.63) is 77.1 Å². The highest BCUT2D eigenvalue weighted by molar-refractivity contribution is 7.18. The number of carbonyl (C=O) groups excluding carboxylic acids is 1. The fraction of sp³-hybridized carbons (Fsp3) is 0.190. The third-order valence-corrected chi connectivity index (χ3v) is 5.73. The van der Waals surface area contributed by atoms with E-state index < -0.39 is 0 Å². The summed E-state index contributed by atoms with van der Waals surface area (Å²) in [5.74, 6) is 0.779. The molecule has 0 atom stereocenters. The van der Waals surface area contributed by atoms with E-state index in [9.17, 15) is 4.79 Å². The molecule has 2 aromatic heterocycles. The molecule has 1 amide bonds. The molecule has 7 heteroatoms. The van der Waals surface area contributed by atoms with Gasteiger partial charge in [-0.15, -0.1) is 11.3 Å². The molecule has 1 aliphatic heterocycles. The molecule has 0 fully saturated rings. The number of para-hydroxylation sites is 2. The van der Waals surface area contributed by atoms with Crippen molar-refractivity contribution in [1.82, 2.24) is 19.7 Å². The summed E-state index contributed by atoms with van der Waals surface area (Å²) >= 11 is 1.64. The third-order valence-electron chi connectivity index (χ3n) is 4.71. The Labute approximate surface area is 166 Å². The van der Waals surface area contributed by atoms with E-state index in [0.717, 1.165) is 26.7 Å². The van der Waals surface area contributed by atoms with Crippen molar-refractivity contribution >= 4 is 27.5 Å². The summed E-state index contributed by atoms with van der Waals surface area (Å²) in [7, 11) is 0. The van der Waals surface area contributed by atoms with Gasteiger partial charge in [-0.25, -0.2) is 4.98 Å². The number of rotatable bonds is 5. The molecule has 4 aromatic rings. The van der Waals surface area contributed by atoms with Crippen molar-refractivity contribution in [3.8, 4) is 5.75 Å². The van der Waals surface area contributed by atoms with Crippen LogP contribution < -0.4 is 4.74 Å². The molecule has 3 heterocycles. The van der Waals surface area contributed by atoms with Gasteiger partial charge in [0.1, 0.15) is 28.8 Å². The standard InChI is InChI=1S/C21H18N4O2S/c26-21-18-12-15(14-27-16-6-2-1-3-7-16)23-25(18)11-10-24(21)13-20-22-17-8-4-5-9-19(17)28-20/h1-9,12H,10-11,13-14H2. The van der Waals surface area contributed by atoms with Crippen LogP contribution in [0, 0.1) is 0 Å².